The first-order valence-corrected chi connectivity index (χ1v) is 14.6. The zero-order chi connectivity index (χ0) is 31.8. The van der Waals surface area contributed by atoms with Crippen molar-refractivity contribution in [2.24, 2.45) is 5.16 Å². The number of methoxy groups -OCH3 is 1. The van der Waals surface area contributed by atoms with Gasteiger partial charge in [-0.05, 0) is 58.6 Å². The third-order valence-electron chi connectivity index (χ3n) is 8.26. The summed E-state index contributed by atoms with van der Waals surface area (Å²) in [6.07, 6.45) is 0.232. The number of hydrogen-bond acceptors (Lipinski definition) is 10. The highest BCUT2D eigenvalue weighted by atomic mass is 19.2. The summed E-state index contributed by atoms with van der Waals surface area (Å²) >= 11 is 0. The summed E-state index contributed by atoms with van der Waals surface area (Å²) in [4.78, 5) is 18.1. The van der Waals surface area contributed by atoms with E-state index in [1.165, 1.54) is 18.0 Å². The van der Waals surface area contributed by atoms with Gasteiger partial charge in [0.15, 0.2) is 17.5 Å². The Labute approximate surface area is 252 Å². The summed E-state index contributed by atoms with van der Waals surface area (Å²) in [5.41, 5.74) is -0.212. The Morgan fingerprint density at radius 2 is 1.86 bits per heavy atom. The fourth-order valence-corrected chi connectivity index (χ4v) is 6.12. The number of ether oxygens (including phenoxy) is 3. The molecule has 2 aromatic rings. The molecule has 2 fully saturated rings. The monoisotopic (exact) mass is 625 g/mol. The highest BCUT2D eigenvalue weighted by Gasteiger charge is 2.49. The van der Waals surface area contributed by atoms with Gasteiger partial charge in [-0.1, -0.05) is 10.4 Å². The number of benzene rings is 1. The van der Waals surface area contributed by atoms with Crippen molar-refractivity contribution in [1.82, 2.24) is 20.3 Å². The molecule has 1 aromatic carbocycles. The van der Waals surface area contributed by atoms with Gasteiger partial charge in [0.2, 0.25) is 0 Å². The molecule has 1 spiro atoms. The van der Waals surface area contributed by atoms with Crippen molar-refractivity contribution in [3.8, 4) is 11.3 Å². The standard InChI is InChI=1S/C29H38F3N5O7/c1-28(2,3)33-27(40)42-17-5-7-29(8-6-17)12-16(35-44-29)11-21-26(41-4)24(25(39)22(14-38)43-21)37-13-20(34-36-37)15-9-18(30)23(32)19(31)10-15/h9-10,13,17,21-22,24-26,38-39H,5-8,11-12,14H2,1-4H3,(H,33,40)/t17?,21-,22-,24+,25+,26+,29?/m1/s1. The highest BCUT2D eigenvalue weighted by Crippen LogP contribution is 2.41. The van der Waals surface area contributed by atoms with Gasteiger partial charge in [-0.25, -0.2) is 22.6 Å². The average molecular weight is 626 g/mol. The number of aliphatic hydroxyl groups excluding tert-OH is 2. The quantitative estimate of drug-likeness (QED) is 0.394. The minimum Gasteiger partial charge on any atom is -0.446 e. The zero-order valence-electron chi connectivity index (χ0n) is 25.0. The van der Waals surface area contributed by atoms with Gasteiger partial charge >= 0.3 is 6.09 Å². The normalized spacial score (nSPS) is 30.6. The first-order valence-electron chi connectivity index (χ1n) is 14.6. The molecule has 1 saturated heterocycles. The van der Waals surface area contributed by atoms with Gasteiger partial charge in [0, 0.05) is 31.1 Å². The molecule has 3 N–H and O–H groups in total. The number of carbonyl (C=O) groups is 1. The minimum absolute atomic E-state index is 0.0411. The fourth-order valence-electron chi connectivity index (χ4n) is 6.12. The number of nitrogens with one attached hydrogen (secondary N) is 1. The van der Waals surface area contributed by atoms with Gasteiger partial charge < -0.3 is 34.6 Å². The van der Waals surface area contributed by atoms with E-state index < -0.39 is 71.7 Å². The molecular weight excluding hydrogens is 587 g/mol. The lowest BCUT2D eigenvalue weighted by Gasteiger charge is -2.43. The summed E-state index contributed by atoms with van der Waals surface area (Å²) in [6.45, 7) is 5.14. The number of hydrogen-bond donors (Lipinski definition) is 3. The lowest BCUT2D eigenvalue weighted by molar-refractivity contribution is -0.210. The van der Waals surface area contributed by atoms with Crippen LogP contribution < -0.4 is 5.32 Å². The number of alkyl carbamates (subject to hydrolysis) is 1. The Morgan fingerprint density at radius 1 is 1.18 bits per heavy atom. The maximum Gasteiger partial charge on any atom is 0.407 e. The Morgan fingerprint density at radius 3 is 2.48 bits per heavy atom. The number of aliphatic hydroxyl groups is 2. The van der Waals surface area contributed by atoms with Crippen molar-refractivity contribution in [3.05, 3.63) is 35.8 Å². The van der Waals surface area contributed by atoms with Crippen LogP contribution in [0.4, 0.5) is 18.0 Å². The van der Waals surface area contributed by atoms with Crippen LogP contribution in [-0.4, -0.2) is 92.4 Å². The molecule has 1 saturated carbocycles. The molecule has 242 valence electrons. The highest BCUT2D eigenvalue weighted by molar-refractivity contribution is 5.86. The van der Waals surface area contributed by atoms with E-state index in [9.17, 15) is 28.2 Å². The fraction of sp³-hybridized carbons (Fsp3) is 0.655. The van der Waals surface area contributed by atoms with E-state index in [-0.39, 0.29) is 23.8 Å². The largest absolute Gasteiger partial charge is 0.446 e. The van der Waals surface area contributed by atoms with E-state index in [4.69, 9.17) is 19.0 Å². The van der Waals surface area contributed by atoms with Crippen LogP contribution in [-0.2, 0) is 19.0 Å². The van der Waals surface area contributed by atoms with Crippen molar-refractivity contribution >= 4 is 11.8 Å². The first kappa shape index (κ1) is 32.1. The Hall–Kier alpha value is -3.27. The number of amides is 1. The van der Waals surface area contributed by atoms with Gasteiger partial charge in [-0.3, -0.25) is 0 Å². The van der Waals surface area contributed by atoms with Crippen molar-refractivity contribution in [2.75, 3.05) is 13.7 Å². The van der Waals surface area contributed by atoms with Gasteiger partial charge in [-0.2, -0.15) is 0 Å². The topological polar surface area (TPSA) is 150 Å². The molecule has 15 heteroatoms. The molecule has 44 heavy (non-hydrogen) atoms. The molecule has 1 aliphatic carbocycles. The molecule has 2 aliphatic heterocycles. The molecule has 5 rings (SSSR count). The van der Waals surface area contributed by atoms with Crippen molar-refractivity contribution in [1.29, 1.82) is 0 Å². The third-order valence-corrected chi connectivity index (χ3v) is 8.26. The molecule has 3 heterocycles. The number of nitrogens with zero attached hydrogens (tertiary/aromatic N) is 4. The second-order valence-corrected chi connectivity index (χ2v) is 12.7. The molecule has 3 aliphatic rings. The molecule has 0 bridgehead atoms. The van der Waals surface area contributed by atoms with Crippen molar-refractivity contribution < 1.29 is 47.2 Å². The number of oxime groups is 1. The second-order valence-electron chi connectivity index (χ2n) is 12.7. The van der Waals surface area contributed by atoms with Crippen LogP contribution in [0.15, 0.2) is 23.5 Å². The average Bonchev–Trinajstić information content (AvgIpc) is 3.60. The van der Waals surface area contributed by atoms with Crippen LogP contribution in [0.5, 0.6) is 0 Å². The Kier molecular flexibility index (Phi) is 9.21. The van der Waals surface area contributed by atoms with Crippen LogP contribution in [0.3, 0.4) is 0 Å². The Bertz CT molecular complexity index is 1350. The predicted molar refractivity (Wildman–Crippen MR) is 149 cm³/mol. The van der Waals surface area contributed by atoms with Crippen molar-refractivity contribution in [2.45, 2.75) is 107 Å². The van der Waals surface area contributed by atoms with E-state index in [1.807, 2.05) is 20.8 Å². The molecular formula is C29H38F3N5O7. The number of carbonyl (C=O) groups excluding carboxylic acids is 1. The van der Waals surface area contributed by atoms with E-state index in [1.54, 1.807) is 0 Å². The summed E-state index contributed by atoms with van der Waals surface area (Å²) in [7, 11) is 1.44. The third kappa shape index (κ3) is 6.85. The molecule has 5 atom stereocenters. The molecule has 12 nitrogen and oxygen atoms in total. The first-order chi connectivity index (χ1) is 20.8. The van der Waals surface area contributed by atoms with Crippen LogP contribution in [0, 0.1) is 17.5 Å². The zero-order valence-corrected chi connectivity index (χ0v) is 25.0. The van der Waals surface area contributed by atoms with E-state index in [0.29, 0.717) is 37.8 Å². The maximum absolute atomic E-state index is 13.8. The molecule has 0 unspecified atom stereocenters. The summed E-state index contributed by atoms with van der Waals surface area (Å²) in [5, 5.41) is 36.3. The van der Waals surface area contributed by atoms with Crippen LogP contribution >= 0.6 is 0 Å². The summed E-state index contributed by atoms with van der Waals surface area (Å²) in [6, 6.07) is 0.694. The van der Waals surface area contributed by atoms with Gasteiger partial charge in [0.25, 0.3) is 0 Å². The molecule has 0 radical (unpaired) electrons. The molecule has 1 amide bonds. The predicted octanol–water partition coefficient (Wildman–Crippen LogP) is 3.41. The smallest absolute Gasteiger partial charge is 0.407 e. The van der Waals surface area contributed by atoms with Gasteiger partial charge in [-0.15, -0.1) is 5.10 Å². The number of halogens is 3. The Balaban J connectivity index is 1.25. The lowest BCUT2D eigenvalue weighted by atomic mass is 9.79. The van der Waals surface area contributed by atoms with E-state index >= 15 is 0 Å². The van der Waals surface area contributed by atoms with Crippen LogP contribution in [0.25, 0.3) is 11.3 Å². The van der Waals surface area contributed by atoms with Gasteiger partial charge in [0.1, 0.15) is 41.8 Å². The minimum atomic E-state index is -1.60. The van der Waals surface area contributed by atoms with Gasteiger partial charge in [0.05, 0.1) is 24.6 Å². The van der Waals surface area contributed by atoms with E-state index in [2.05, 4.69) is 20.8 Å². The number of aromatic nitrogens is 3. The van der Waals surface area contributed by atoms with E-state index in [0.717, 1.165) is 12.1 Å². The SMILES string of the molecule is CO[C@@H]1[C@@H](n2cc(-c3cc(F)c(F)c(F)c3)nn2)[C@@H](O)[C@@H](CO)O[C@@H]1CC1=NOC2(CCC(OC(=O)NC(C)(C)C)CC2)C1. The summed E-state index contributed by atoms with van der Waals surface area (Å²) < 4.78 is 59.9. The van der Waals surface area contributed by atoms with Crippen LogP contribution in [0.2, 0.25) is 0 Å². The van der Waals surface area contributed by atoms with Crippen molar-refractivity contribution in [3.63, 3.8) is 0 Å². The second kappa shape index (κ2) is 12.6. The van der Waals surface area contributed by atoms with Crippen LogP contribution in [0.1, 0.15) is 65.3 Å². The summed E-state index contributed by atoms with van der Waals surface area (Å²) in [5.74, 6) is -4.35. The number of rotatable bonds is 7. The lowest BCUT2D eigenvalue weighted by Crippen LogP contribution is -2.57. The maximum atomic E-state index is 13.8. The molecule has 1 aromatic heterocycles.